The minimum Gasteiger partial charge on any atom is -0.507 e. The highest BCUT2D eigenvalue weighted by atomic mass is 16.6. The molecule has 0 aromatic heterocycles. The molecule has 0 fully saturated rings. The maximum Gasteiger partial charge on any atom is 0.343 e. The Balaban J connectivity index is 2.45. The van der Waals surface area contributed by atoms with E-state index in [9.17, 15) is 29.7 Å². The number of cyclic esters (lactones) is 1. The number of ketones is 1. The molecule has 0 bridgehead atoms. The Labute approximate surface area is 179 Å². The zero-order chi connectivity index (χ0) is 23.1. The van der Waals surface area contributed by atoms with Crippen LogP contribution in [0.4, 0.5) is 0 Å². The topological polar surface area (TPSA) is 140 Å². The van der Waals surface area contributed by atoms with Gasteiger partial charge in [-0.2, -0.15) is 0 Å². The fourth-order valence-electron chi connectivity index (χ4n) is 2.75. The average molecular weight is 434 g/mol. The first-order chi connectivity index (χ1) is 14.6. The van der Waals surface area contributed by atoms with Crippen LogP contribution in [0.15, 0.2) is 30.4 Å². The molecule has 1 heterocycles. The number of aliphatic hydroxyl groups excluding tert-OH is 2. The zero-order valence-electron chi connectivity index (χ0n) is 17.5. The Kier molecular flexibility index (Phi) is 8.35. The van der Waals surface area contributed by atoms with Crippen molar-refractivity contribution in [2.24, 2.45) is 5.92 Å². The summed E-state index contributed by atoms with van der Waals surface area (Å²) in [5.41, 5.74) is 0.0678. The van der Waals surface area contributed by atoms with E-state index in [-0.39, 0.29) is 29.2 Å². The number of hydrogen-bond donors (Lipinski definition) is 3. The van der Waals surface area contributed by atoms with Crippen LogP contribution in [0, 0.1) is 5.92 Å². The van der Waals surface area contributed by atoms with Gasteiger partial charge in [0.2, 0.25) is 0 Å². The molecule has 1 aliphatic heterocycles. The first kappa shape index (κ1) is 24.1. The summed E-state index contributed by atoms with van der Waals surface area (Å²) in [6.45, 7) is 2.92. The highest BCUT2D eigenvalue weighted by Gasteiger charge is 2.25. The average Bonchev–Trinajstić information content (AvgIpc) is 2.73. The van der Waals surface area contributed by atoms with Gasteiger partial charge in [-0.05, 0) is 31.1 Å². The van der Waals surface area contributed by atoms with Crippen LogP contribution in [0.1, 0.15) is 36.2 Å². The second-order valence-corrected chi connectivity index (χ2v) is 7.15. The molecule has 1 aromatic carbocycles. The van der Waals surface area contributed by atoms with E-state index < -0.39 is 48.4 Å². The van der Waals surface area contributed by atoms with Gasteiger partial charge in [0, 0.05) is 12.0 Å². The molecule has 0 saturated heterocycles. The van der Waals surface area contributed by atoms with Gasteiger partial charge >= 0.3 is 11.9 Å². The standard InChI is InChI=1S/C22H26O9/c1-12-7-8-17(24)21(27)16(23)6-4-5-14-9-15(30-11-19(26)29-3)10-18(25)20(14)22(28)31-13(12)2/h4-5,7-10,12-13,16,21,23,25,27H,6,11H2,1-3H3/b5-4+,8-7-/t12-,13?,16?,21+/m1/s1. The lowest BCUT2D eigenvalue weighted by molar-refractivity contribution is -0.142. The molecule has 0 amide bonds. The van der Waals surface area contributed by atoms with Crippen LogP contribution in [0.25, 0.3) is 6.08 Å². The minimum atomic E-state index is -1.61. The van der Waals surface area contributed by atoms with Crippen LogP contribution in [0.5, 0.6) is 11.5 Å². The lowest BCUT2D eigenvalue weighted by atomic mass is 9.99. The van der Waals surface area contributed by atoms with Crippen LogP contribution in [-0.2, 0) is 19.1 Å². The van der Waals surface area contributed by atoms with Gasteiger partial charge in [-0.15, -0.1) is 0 Å². The summed E-state index contributed by atoms with van der Waals surface area (Å²) >= 11 is 0. The lowest BCUT2D eigenvalue weighted by Crippen LogP contribution is -2.32. The van der Waals surface area contributed by atoms with Gasteiger partial charge in [0.05, 0.1) is 13.2 Å². The third-order valence-electron chi connectivity index (χ3n) is 4.84. The van der Waals surface area contributed by atoms with Crippen LogP contribution in [-0.4, -0.2) is 65.1 Å². The predicted octanol–water partition coefficient (Wildman–Crippen LogP) is 1.39. The first-order valence-corrected chi connectivity index (χ1v) is 9.66. The quantitative estimate of drug-likeness (QED) is 0.602. The van der Waals surface area contributed by atoms with Crippen molar-refractivity contribution in [3.63, 3.8) is 0 Å². The minimum absolute atomic E-state index is 0.0975. The van der Waals surface area contributed by atoms with Crippen molar-refractivity contribution in [2.45, 2.75) is 38.6 Å². The molecular weight excluding hydrogens is 408 g/mol. The van der Waals surface area contributed by atoms with Crippen molar-refractivity contribution in [3.05, 3.63) is 41.5 Å². The number of fused-ring (bicyclic) bond motifs is 1. The van der Waals surface area contributed by atoms with Gasteiger partial charge in [-0.3, -0.25) is 4.79 Å². The maximum atomic E-state index is 12.7. The molecule has 1 aliphatic rings. The number of phenols is 1. The summed E-state index contributed by atoms with van der Waals surface area (Å²) in [5, 5.41) is 30.5. The number of benzene rings is 1. The van der Waals surface area contributed by atoms with Gasteiger partial charge < -0.3 is 29.5 Å². The molecule has 4 atom stereocenters. The number of ether oxygens (including phenoxy) is 3. The van der Waals surface area contributed by atoms with E-state index in [1.54, 1.807) is 13.8 Å². The van der Waals surface area contributed by atoms with Crippen molar-refractivity contribution < 1.29 is 43.9 Å². The fraction of sp³-hybridized carbons (Fsp3) is 0.409. The number of aliphatic hydroxyl groups is 2. The van der Waals surface area contributed by atoms with E-state index in [2.05, 4.69) is 4.74 Å². The Morgan fingerprint density at radius 3 is 2.58 bits per heavy atom. The van der Waals surface area contributed by atoms with Gasteiger partial charge in [0.1, 0.15) is 29.3 Å². The van der Waals surface area contributed by atoms with Crippen LogP contribution < -0.4 is 4.74 Å². The third-order valence-corrected chi connectivity index (χ3v) is 4.84. The number of carbonyl (C=O) groups excluding carboxylic acids is 3. The monoisotopic (exact) mass is 434 g/mol. The number of esters is 2. The highest BCUT2D eigenvalue weighted by Crippen LogP contribution is 2.31. The maximum absolute atomic E-state index is 12.7. The summed E-state index contributed by atoms with van der Waals surface area (Å²) < 4.78 is 15.2. The molecule has 31 heavy (non-hydrogen) atoms. The molecule has 2 unspecified atom stereocenters. The Morgan fingerprint density at radius 1 is 1.19 bits per heavy atom. The number of phenolic OH excluding ortho intramolecular Hbond substituents is 1. The Bertz CT molecular complexity index is 887. The Morgan fingerprint density at radius 2 is 1.90 bits per heavy atom. The summed E-state index contributed by atoms with van der Waals surface area (Å²) in [7, 11) is 1.20. The van der Waals surface area contributed by atoms with E-state index in [0.717, 1.165) is 6.08 Å². The first-order valence-electron chi connectivity index (χ1n) is 9.66. The fourth-order valence-corrected chi connectivity index (χ4v) is 2.75. The molecule has 9 nitrogen and oxygen atoms in total. The lowest BCUT2D eigenvalue weighted by Gasteiger charge is -2.20. The SMILES string of the molecule is COC(=O)COc1cc(O)c2c(c1)/C=C/CC(O)[C@H](O)C(=O)/C=C\[C@@H](C)C(C)OC2=O. The summed E-state index contributed by atoms with van der Waals surface area (Å²) in [4.78, 5) is 36.1. The molecule has 1 aromatic rings. The molecule has 2 rings (SSSR count). The number of hydrogen-bond acceptors (Lipinski definition) is 9. The van der Waals surface area contributed by atoms with Gasteiger partial charge in [-0.1, -0.05) is 25.2 Å². The van der Waals surface area contributed by atoms with Crippen molar-refractivity contribution in [2.75, 3.05) is 13.7 Å². The van der Waals surface area contributed by atoms with E-state index in [1.165, 1.54) is 37.5 Å². The van der Waals surface area contributed by atoms with Crippen molar-refractivity contribution in [3.8, 4) is 11.5 Å². The number of carbonyl (C=O) groups is 3. The largest absolute Gasteiger partial charge is 0.507 e. The molecule has 0 saturated carbocycles. The molecular formula is C22H26O9. The molecule has 0 radical (unpaired) electrons. The summed E-state index contributed by atoms with van der Waals surface area (Å²) in [6, 6.07) is 2.58. The highest BCUT2D eigenvalue weighted by molar-refractivity contribution is 5.97. The van der Waals surface area contributed by atoms with E-state index in [4.69, 9.17) is 9.47 Å². The van der Waals surface area contributed by atoms with Gasteiger partial charge in [-0.25, -0.2) is 9.59 Å². The molecule has 3 N–H and O–H groups in total. The van der Waals surface area contributed by atoms with Gasteiger partial charge in [0.15, 0.2) is 12.4 Å². The van der Waals surface area contributed by atoms with E-state index >= 15 is 0 Å². The van der Waals surface area contributed by atoms with Crippen molar-refractivity contribution >= 4 is 23.8 Å². The smallest absolute Gasteiger partial charge is 0.343 e. The Hall–Kier alpha value is -3.17. The van der Waals surface area contributed by atoms with Crippen LogP contribution in [0.3, 0.4) is 0 Å². The normalized spacial score (nSPS) is 26.7. The van der Waals surface area contributed by atoms with Crippen molar-refractivity contribution in [1.82, 2.24) is 0 Å². The van der Waals surface area contributed by atoms with Crippen LogP contribution in [0.2, 0.25) is 0 Å². The number of methoxy groups -OCH3 is 1. The summed E-state index contributed by atoms with van der Waals surface area (Å²) in [6.07, 6.45) is 1.72. The third kappa shape index (κ3) is 6.40. The molecule has 0 spiro atoms. The molecule has 9 heteroatoms. The zero-order valence-corrected chi connectivity index (χ0v) is 17.5. The van der Waals surface area contributed by atoms with Crippen molar-refractivity contribution in [1.29, 1.82) is 0 Å². The second kappa shape index (κ2) is 10.7. The number of aromatic hydroxyl groups is 1. The van der Waals surface area contributed by atoms with Crippen LogP contribution >= 0.6 is 0 Å². The number of rotatable bonds is 3. The summed E-state index contributed by atoms with van der Waals surface area (Å²) in [5.74, 6) is -2.81. The second-order valence-electron chi connectivity index (χ2n) is 7.15. The van der Waals surface area contributed by atoms with E-state index in [1.807, 2.05) is 0 Å². The van der Waals surface area contributed by atoms with E-state index in [0.29, 0.717) is 0 Å². The van der Waals surface area contributed by atoms with Gasteiger partial charge in [0.25, 0.3) is 0 Å². The predicted molar refractivity (Wildman–Crippen MR) is 109 cm³/mol. The molecule has 0 aliphatic carbocycles. The molecule has 168 valence electrons.